The first-order valence-electron chi connectivity index (χ1n) is 4.83. The molecule has 1 unspecified atom stereocenters. The largest absolute Gasteiger partial charge is 0.348 e. The molecule has 1 aromatic heterocycles. The molecule has 1 aliphatic rings. The Hall–Kier alpha value is -0.430. The zero-order valence-corrected chi connectivity index (χ0v) is 11.0. The van der Waals surface area contributed by atoms with Crippen LogP contribution in [-0.4, -0.2) is 16.3 Å². The first-order valence-corrected chi connectivity index (χ1v) is 6.74. The topological polar surface area (TPSA) is 42.0 Å². The second-order valence-electron chi connectivity index (χ2n) is 3.47. The number of halogens is 1. The molecule has 15 heavy (non-hydrogen) atoms. The minimum atomic E-state index is -0.0408. The molecule has 0 aliphatic heterocycles. The van der Waals surface area contributed by atoms with E-state index >= 15 is 0 Å². The Labute approximate surface area is 106 Å². The molecule has 0 spiro atoms. The molecule has 1 heterocycles. The molecule has 0 bridgehead atoms. The predicted octanol–water partition coefficient (Wildman–Crippen LogP) is 2.59. The molecule has 1 aromatic rings. The van der Waals surface area contributed by atoms with E-state index in [0.29, 0.717) is 5.69 Å². The SMILES string of the molecule is O=C(NC1CC=CCC1)c1nscc1I. The van der Waals surface area contributed by atoms with Crippen LogP contribution in [0, 0.1) is 3.57 Å². The van der Waals surface area contributed by atoms with E-state index in [4.69, 9.17) is 0 Å². The molecule has 3 nitrogen and oxygen atoms in total. The van der Waals surface area contributed by atoms with Crippen LogP contribution in [0.4, 0.5) is 0 Å². The van der Waals surface area contributed by atoms with Gasteiger partial charge in [-0.15, -0.1) is 0 Å². The van der Waals surface area contributed by atoms with Gasteiger partial charge in [0.05, 0.1) is 3.57 Å². The summed E-state index contributed by atoms with van der Waals surface area (Å²) in [7, 11) is 0. The lowest BCUT2D eigenvalue weighted by Gasteiger charge is -2.18. The third kappa shape index (κ3) is 2.78. The van der Waals surface area contributed by atoms with E-state index in [1.807, 2.05) is 5.38 Å². The molecule has 1 N–H and O–H groups in total. The summed E-state index contributed by atoms with van der Waals surface area (Å²) in [6, 6.07) is 0.278. The summed E-state index contributed by atoms with van der Waals surface area (Å²) in [6.07, 6.45) is 7.31. The smallest absolute Gasteiger partial charge is 0.272 e. The van der Waals surface area contributed by atoms with Crippen molar-refractivity contribution in [2.45, 2.75) is 25.3 Å². The van der Waals surface area contributed by atoms with Gasteiger partial charge in [-0.05, 0) is 53.4 Å². The van der Waals surface area contributed by atoms with Gasteiger partial charge in [-0.1, -0.05) is 12.2 Å². The van der Waals surface area contributed by atoms with Crippen LogP contribution in [0.3, 0.4) is 0 Å². The van der Waals surface area contributed by atoms with Gasteiger partial charge in [0, 0.05) is 11.4 Å². The predicted molar refractivity (Wildman–Crippen MR) is 69.1 cm³/mol. The maximum atomic E-state index is 11.8. The number of hydrogen-bond donors (Lipinski definition) is 1. The molecule has 1 atom stereocenters. The van der Waals surface area contributed by atoms with E-state index < -0.39 is 0 Å². The van der Waals surface area contributed by atoms with Crippen molar-refractivity contribution in [2.75, 3.05) is 0 Å². The summed E-state index contributed by atoms with van der Waals surface area (Å²) < 4.78 is 5.02. The Kier molecular flexibility index (Phi) is 3.74. The Morgan fingerprint density at radius 1 is 1.60 bits per heavy atom. The van der Waals surface area contributed by atoms with Gasteiger partial charge in [0.15, 0.2) is 5.69 Å². The minimum Gasteiger partial charge on any atom is -0.348 e. The van der Waals surface area contributed by atoms with Crippen LogP contribution in [0.25, 0.3) is 0 Å². The number of carbonyl (C=O) groups excluding carboxylic acids is 1. The second-order valence-corrected chi connectivity index (χ2v) is 5.26. The first kappa shape index (κ1) is 11.1. The summed E-state index contributed by atoms with van der Waals surface area (Å²) in [5, 5.41) is 4.90. The Balaban J connectivity index is 1.98. The molecular formula is C10H11IN2OS. The Bertz CT molecular complexity index is 389. The van der Waals surface area contributed by atoms with Crippen molar-refractivity contribution in [2.24, 2.45) is 0 Å². The van der Waals surface area contributed by atoms with Gasteiger partial charge in [-0.2, -0.15) is 4.37 Å². The van der Waals surface area contributed by atoms with E-state index in [1.54, 1.807) is 0 Å². The second kappa shape index (κ2) is 5.07. The fourth-order valence-corrected chi connectivity index (χ4v) is 2.97. The molecule has 0 saturated heterocycles. The van der Waals surface area contributed by atoms with Crippen molar-refractivity contribution in [3.63, 3.8) is 0 Å². The van der Waals surface area contributed by atoms with Crippen LogP contribution in [0.5, 0.6) is 0 Å². The van der Waals surface area contributed by atoms with E-state index in [0.717, 1.165) is 22.8 Å². The quantitative estimate of drug-likeness (QED) is 0.667. The molecular weight excluding hydrogens is 323 g/mol. The third-order valence-electron chi connectivity index (χ3n) is 2.35. The van der Waals surface area contributed by atoms with Gasteiger partial charge in [0.1, 0.15) is 0 Å². The van der Waals surface area contributed by atoms with Gasteiger partial charge in [-0.3, -0.25) is 4.79 Å². The summed E-state index contributed by atoms with van der Waals surface area (Å²) in [5.74, 6) is -0.0408. The maximum Gasteiger partial charge on any atom is 0.272 e. The van der Waals surface area contributed by atoms with Crippen molar-refractivity contribution >= 4 is 40.0 Å². The number of nitrogens with one attached hydrogen (secondary N) is 1. The van der Waals surface area contributed by atoms with Crippen LogP contribution in [-0.2, 0) is 0 Å². The van der Waals surface area contributed by atoms with E-state index in [-0.39, 0.29) is 11.9 Å². The normalized spacial score (nSPS) is 20.2. The van der Waals surface area contributed by atoms with Crippen molar-refractivity contribution in [1.82, 2.24) is 9.69 Å². The third-order valence-corrected chi connectivity index (χ3v) is 4.22. The zero-order valence-electron chi connectivity index (χ0n) is 8.07. The standard InChI is InChI=1S/C10H11IN2OS/c11-8-6-15-13-9(8)10(14)12-7-4-2-1-3-5-7/h1-2,6-7H,3-5H2,(H,12,14). The lowest BCUT2D eigenvalue weighted by Crippen LogP contribution is -2.35. The highest BCUT2D eigenvalue weighted by atomic mass is 127. The van der Waals surface area contributed by atoms with Crippen LogP contribution in [0.2, 0.25) is 0 Å². The average Bonchev–Trinajstić information content (AvgIpc) is 2.66. The van der Waals surface area contributed by atoms with E-state index in [1.165, 1.54) is 11.5 Å². The number of carbonyl (C=O) groups is 1. The van der Waals surface area contributed by atoms with Gasteiger partial charge in [0.25, 0.3) is 5.91 Å². The summed E-state index contributed by atoms with van der Waals surface area (Å²) >= 11 is 3.46. The van der Waals surface area contributed by atoms with Crippen molar-refractivity contribution in [3.05, 3.63) is 26.8 Å². The zero-order chi connectivity index (χ0) is 10.7. The highest BCUT2D eigenvalue weighted by Crippen LogP contribution is 2.15. The molecule has 2 rings (SSSR count). The highest BCUT2D eigenvalue weighted by Gasteiger charge is 2.17. The monoisotopic (exact) mass is 334 g/mol. The van der Waals surface area contributed by atoms with E-state index in [2.05, 4.69) is 44.4 Å². The fourth-order valence-electron chi connectivity index (χ4n) is 1.55. The van der Waals surface area contributed by atoms with Crippen LogP contribution in [0.1, 0.15) is 29.8 Å². The Morgan fingerprint density at radius 2 is 2.47 bits per heavy atom. The van der Waals surface area contributed by atoms with Crippen molar-refractivity contribution in [3.8, 4) is 0 Å². The van der Waals surface area contributed by atoms with Crippen LogP contribution < -0.4 is 5.32 Å². The average molecular weight is 334 g/mol. The molecule has 0 saturated carbocycles. The first-order chi connectivity index (χ1) is 7.27. The minimum absolute atomic E-state index is 0.0408. The fraction of sp³-hybridized carbons (Fsp3) is 0.400. The maximum absolute atomic E-state index is 11.8. The molecule has 1 amide bonds. The summed E-state index contributed by atoms with van der Waals surface area (Å²) in [5.41, 5.74) is 0.565. The molecule has 1 aliphatic carbocycles. The summed E-state index contributed by atoms with van der Waals surface area (Å²) in [6.45, 7) is 0. The molecule has 80 valence electrons. The summed E-state index contributed by atoms with van der Waals surface area (Å²) in [4.78, 5) is 11.8. The molecule has 0 fully saturated rings. The van der Waals surface area contributed by atoms with Gasteiger partial charge in [0.2, 0.25) is 0 Å². The van der Waals surface area contributed by atoms with Gasteiger partial charge < -0.3 is 5.32 Å². The van der Waals surface area contributed by atoms with Crippen molar-refractivity contribution in [1.29, 1.82) is 0 Å². The van der Waals surface area contributed by atoms with Crippen molar-refractivity contribution < 1.29 is 4.79 Å². The van der Waals surface area contributed by atoms with E-state index in [9.17, 15) is 4.79 Å². The van der Waals surface area contributed by atoms with Gasteiger partial charge in [-0.25, -0.2) is 0 Å². The molecule has 5 heteroatoms. The van der Waals surface area contributed by atoms with Crippen LogP contribution in [0.15, 0.2) is 17.5 Å². The number of allylic oxidation sites excluding steroid dienone is 1. The number of amides is 1. The lowest BCUT2D eigenvalue weighted by atomic mass is 10.0. The number of hydrogen-bond acceptors (Lipinski definition) is 3. The van der Waals surface area contributed by atoms with Crippen LogP contribution >= 0.6 is 34.1 Å². The lowest BCUT2D eigenvalue weighted by molar-refractivity contribution is 0.0930. The highest BCUT2D eigenvalue weighted by molar-refractivity contribution is 14.1. The number of aromatic nitrogens is 1. The number of rotatable bonds is 2. The van der Waals surface area contributed by atoms with Gasteiger partial charge >= 0.3 is 0 Å². The number of nitrogens with zero attached hydrogens (tertiary/aromatic N) is 1. The Morgan fingerprint density at radius 3 is 3.07 bits per heavy atom. The molecule has 0 aromatic carbocycles. The molecule has 0 radical (unpaired) electrons.